The van der Waals surface area contributed by atoms with Gasteiger partial charge in [-0.3, -0.25) is 4.79 Å². The van der Waals surface area contributed by atoms with Crippen molar-refractivity contribution in [2.24, 2.45) is 11.7 Å². The van der Waals surface area contributed by atoms with Crippen molar-refractivity contribution in [3.8, 4) is 0 Å². The normalized spacial score (nSPS) is 17.2. The summed E-state index contributed by atoms with van der Waals surface area (Å²) in [6.45, 7) is 9.11. The van der Waals surface area contributed by atoms with Gasteiger partial charge in [0.25, 0.3) is 0 Å². The number of carboxylic acid groups (broad SMARTS) is 1. The summed E-state index contributed by atoms with van der Waals surface area (Å²) in [4.78, 5) is 13.1. The lowest BCUT2D eigenvalue weighted by Gasteiger charge is -2.27. The molecule has 0 spiro atoms. The molecule has 0 fully saturated rings. The van der Waals surface area contributed by atoms with E-state index in [9.17, 15) is 4.79 Å². The third kappa shape index (κ3) is 6.64. The standard InChI is InChI=1S/C13H28N2O2/c1-10(2)9-11(3)15(5)8-6-7-13(4,14)12(16)17/h10-11H,6-9,14H2,1-5H3,(H,16,17). The molecule has 0 rings (SSSR count). The van der Waals surface area contributed by atoms with E-state index in [1.807, 2.05) is 0 Å². The van der Waals surface area contributed by atoms with Crippen LogP contribution in [0.2, 0.25) is 0 Å². The highest BCUT2D eigenvalue weighted by Crippen LogP contribution is 2.13. The van der Waals surface area contributed by atoms with Crippen LogP contribution in [0.1, 0.15) is 47.0 Å². The molecule has 2 atom stereocenters. The van der Waals surface area contributed by atoms with Gasteiger partial charge in [-0.1, -0.05) is 13.8 Å². The maximum atomic E-state index is 10.8. The Morgan fingerprint density at radius 2 is 1.94 bits per heavy atom. The Hall–Kier alpha value is -0.610. The van der Waals surface area contributed by atoms with Crippen molar-refractivity contribution in [2.75, 3.05) is 13.6 Å². The lowest BCUT2D eigenvalue weighted by atomic mass is 9.97. The van der Waals surface area contributed by atoms with E-state index >= 15 is 0 Å². The van der Waals surface area contributed by atoms with E-state index in [0.717, 1.165) is 19.4 Å². The van der Waals surface area contributed by atoms with Crippen molar-refractivity contribution in [3.63, 3.8) is 0 Å². The fourth-order valence-corrected chi connectivity index (χ4v) is 1.89. The molecule has 0 aromatic heterocycles. The summed E-state index contributed by atoms with van der Waals surface area (Å²) in [5.41, 5.74) is 4.59. The van der Waals surface area contributed by atoms with Gasteiger partial charge in [0.15, 0.2) is 0 Å². The Bertz CT molecular complexity index is 240. The summed E-state index contributed by atoms with van der Waals surface area (Å²) in [6.07, 6.45) is 2.49. The molecule has 0 bridgehead atoms. The Labute approximate surface area is 105 Å². The molecule has 3 N–H and O–H groups in total. The molecular formula is C13H28N2O2. The molecule has 0 radical (unpaired) electrons. The zero-order chi connectivity index (χ0) is 13.6. The minimum absolute atomic E-state index is 0.515. The second-order valence-corrected chi connectivity index (χ2v) is 5.79. The summed E-state index contributed by atoms with van der Waals surface area (Å²) in [5.74, 6) is -0.235. The van der Waals surface area contributed by atoms with Crippen LogP contribution in [0.25, 0.3) is 0 Å². The third-order valence-corrected chi connectivity index (χ3v) is 3.26. The third-order valence-electron chi connectivity index (χ3n) is 3.26. The number of nitrogens with two attached hydrogens (primary N) is 1. The van der Waals surface area contributed by atoms with Gasteiger partial charge in [-0.05, 0) is 52.6 Å². The smallest absolute Gasteiger partial charge is 0.323 e. The van der Waals surface area contributed by atoms with Crippen molar-refractivity contribution >= 4 is 5.97 Å². The second kappa shape index (κ2) is 6.97. The molecule has 2 unspecified atom stereocenters. The molecule has 0 aromatic carbocycles. The van der Waals surface area contributed by atoms with E-state index < -0.39 is 11.5 Å². The van der Waals surface area contributed by atoms with E-state index in [0.29, 0.717) is 18.4 Å². The molecule has 0 saturated carbocycles. The summed E-state index contributed by atoms with van der Waals surface area (Å²) in [6, 6.07) is 0.531. The predicted molar refractivity (Wildman–Crippen MR) is 71.0 cm³/mol. The highest BCUT2D eigenvalue weighted by molar-refractivity contribution is 5.77. The zero-order valence-corrected chi connectivity index (χ0v) is 11.9. The Morgan fingerprint density at radius 3 is 2.35 bits per heavy atom. The number of carbonyl (C=O) groups is 1. The predicted octanol–water partition coefficient (Wildman–Crippen LogP) is 1.93. The maximum absolute atomic E-state index is 10.8. The minimum Gasteiger partial charge on any atom is -0.480 e. The largest absolute Gasteiger partial charge is 0.480 e. The van der Waals surface area contributed by atoms with E-state index in [4.69, 9.17) is 10.8 Å². The average molecular weight is 244 g/mol. The lowest BCUT2D eigenvalue weighted by Crippen LogP contribution is -2.45. The molecule has 17 heavy (non-hydrogen) atoms. The van der Waals surface area contributed by atoms with Crippen molar-refractivity contribution in [1.82, 2.24) is 4.90 Å². The Balaban J connectivity index is 3.93. The molecule has 0 heterocycles. The SMILES string of the molecule is CC(C)CC(C)N(C)CCCC(C)(N)C(=O)O. The molecular weight excluding hydrogens is 216 g/mol. The van der Waals surface area contributed by atoms with E-state index in [-0.39, 0.29) is 0 Å². The minimum atomic E-state index is -1.10. The van der Waals surface area contributed by atoms with Gasteiger partial charge >= 0.3 is 5.97 Å². The number of nitrogens with zero attached hydrogens (tertiary/aromatic N) is 1. The van der Waals surface area contributed by atoms with Crippen LogP contribution in [0, 0.1) is 5.92 Å². The number of rotatable bonds is 8. The Morgan fingerprint density at radius 1 is 1.41 bits per heavy atom. The summed E-state index contributed by atoms with van der Waals surface area (Å²) >= 11 is 0. The maximum Gasteiger partial charge on any atom is 0.323 e. The van der Waals surface area contributed by atoms with Crippen molar-refractivity contribution in [1.29, 1.82) is 0 Å². The van der Waals surface area contributed by atoms with Gasteiger partial charge in [-0.25, -0.2) is 0 Å². The van der Waals surface area contributed by atoms with E-state index in [1.165, 1.54) is 0 Å². The Kier molecular flexibility index (Phi) is 6.72. The molecule has 0 aliphatic rings. The van der Waals surface area contributed by atoms with Crippen molar-refractivity contribution in [3.05, 3.63) is 0 Å². The first-order valence-corrected chi connectivity index (χ1v) is 6.39. The molecule has 0 aromatic rings. The highest BCUT2D eigenvalue weighted by atomic mass is 16.4. The second-order valence-electron chi connectivity index (χ2n) is 5.79. The van der Waals surface area contributed by atoms with Crippen molar-refractivity contribution in [2.45, 2.75) is 58.5 Å². The quantitative estimate of drug-likeness (QED) is 0.684. The molecule has 0 aliphatic carbocycles. The summed E-state index contributed by atoms with van der Waals surface area (Å²) < 4.78 is 0. The summed E-state index contributed by atoms with van der Waals surface area (Å²) in [5, 5.41) is 8.90. The van der Waals surface area contributed by atoms with Crippen LogP contribution in [0.3, 0.4) is 0 Å². The lowest BCUT2D eigenvalue weighted by molar-refractivity contribution is -0.142. The van der Waals surface area contributed by atoms with Gasteiger partial charge in [0.2, 0.25) is 0 Å². The monoisotopic (exact) mass is 244 g/mol. The van der Waals surface area contributed by atoms with Gasteiger partial charge in [-0.2, -0.15) is 0 Å². The highest BCUT2D eigenvalue weighted by Gasteiger charge is 2.27. The molecule has 102 valence electrons. The number of carboxylic acids is 1. The molecule has 4 nitrogen and oxygen atoms in total. The molecule has 0 saturated heterocycles. The van der Waals surface area contributed by atoms with Gasteiger partial charge < -0.3 is 15.7 Å². The van der Waals surface area contributed by atoms with Crippen LogP contribution in [0.4, 0.5) is 0 Å². The fraction of sp³-hybridized carbons (Fsp3) is 0.923. The molecule has 0 amide bonds. The molecule has 4 heteroatoms. The number of hydrogen-bond donors (Lipinski definition) is 2. The fourth-order valence-electron chi connectivity index (χ4n) is 1.89. The van der Waals surface area contributed by atoms with Crippen LogP contribution < -0.4 is 5.73 Å². The van der Waals surface area contributed by atoms with Crippen molar-refractivity contribution < 1.29 is 9.90 Å². The first kappa shape index (κ1) is 16.4. The summed E-state index contributed by atoms with van der Waals surface area (Å²) in [7, 11) is 2.08. The van der Waals surface area contributed by atoms with Crippen LogP contribution in [0.5, 0.6) is 0 Å². The van der Waals surface area contributed by atoms with Gasteiger partial charge in [0.1, 0.15) is 5.54 Å². The van der Waals surface area contributed by atoms with Crippen LogP contribution in [-0.2, 0) is 4.79 Å². The zero-order valence-electron chi connectivity index (χ0n) is 11.9. The van der Waals surface area contributed by atoms with Crippen LogP contribution in [0.15, 0.2) is 0 Å². The van der Waals surface area contributed by atoms with Gasteiger partial charge in [0, 0.05) is 6.04 Å². The first-order valence-electron chi connectivity index (χ1n) is 6.39. The first-order chi connectivity index (χ1) is 7.66. The number of aliphatic carboxylic acids is 1. The van der Waals surface area contributed by atoms with E-state index in [2.05, 4.69) is 32.7 Å². The van der Waals surface area contributed by atoms with Gasteiger partial charge in [0.05, 0.1) is 0 Å². The number of hydrogen-bond acceptors (Lipinski definition) is 3. The van der Waals surface area contributed by atoms with E-state index in [1.54, 1.807) is 6.92 Å². The van der Waals surface area contributed by atoms with Gasteiger partial charge in [-0.15, -0.1) is 0 Å². The van der Waals surface area contributed by atoms with Crippen LogP contribution >= 0.6 is 0 Å². The van der Waals surface area contributed by atoms with Crippen LogP contribution in [-0.4, -0.2) is 41.1 Å². The topological polar surface area (TPSA) is 66.6 Å². The molecule has 0 aliphatic heterocycles. The average Bonchev–Trinajstić information content (AvgIpc) is 2.15.